The zero-order valence-corrected chi connectivity index (χ0v) is 10.8. The molecule has 0 unspecified atom stereocenters. The van der Waals surface area contributed by atoms with Crippen molar-refractivity contribution in [1.29, 1.82) is 0 Å². The monoisotopic (exact) mass is 282 g/mol. The highest BCUT2D eigenvalue weighted by Crippen LogP contribution is 2.23. The molecule has 1 aromatic carbocycles. The van der Waals surface area contributed by atoms with Crippen molar-refractivity contribution in [2.75, 3.05) is 13.1 Å². The highest BCUT2D eigenvalue weighted by molar-refractivity contribution is 9.10. The fourth-order valence-corrected chi connectivity index (χ4v) is 2.39. The second-order valence-corrected chi connectivity index (χ2v) is 5.03. The summed E-state index contributed by atoms with van der Waals surface area (Å²) in [6.07, 6.45) is 0.898. The largest absolute Gasteiger partial charge is 0.337 e. The number of carbonyl (C=O) groups is 1. The lowest BCUT2D eigenvalue weighted by Gasteiger charge is -2.17. The third kappa shape index (κ3) is 2.13. The summed E-state index contributed by atoms with van der Waals surface area (Å²) < 4.78 is 0.889. The molecule has 16 heavy (non-hydrogen) atoms. The zero-order valence-electron chi connectivity index (χ0n) is 9.24. The molecule has 1 amide bonds. The number of benzene rings is 1. The molecule has 0 bridgehead atoms. The molecule has 0 aliphatic carbocycles. The number of rotatable bonds is 1. The molecule has 1 saturated heterocycles. The van der Waals surface area contributed by atoms with Crippen LogP contribution < -0.4 is 5.73 Å². The van der Waals surface area contributed by atoms with Crippen LogP contribution in [0.3, 0.4) is 0 Å². The van der Waals surface area contributed by atoms with Crippen LogP contribution in [-0.4, -0.2) is 29.9 Å². The normalized spacial score (nSPS) is 20.2. The van der Waals surface area contributed by atoms with Gasteiger partial charge < -0.3 is 10.6 Å². The maximum atomic E-state index is 12.2. The van der Waals surface area contributed by atoms with Crippen LogP contribution >= 0.6 is 15.9 Å². The summed E-state index contributed by atoms with van der Waals surface area (Å²) in [6, 6.07) is 5.87. The van der Waals surface area contributed by atoms with Crippen molar-refractivity contribution in [3.05, 3.63) is 33.8 Å². The fourth-order valence-electron chi connectivity index (χ4n) is 1.95. The Labute approximate surface area is 104 Å². The van der Waals surface area contributed by atoms with Crippen molar-refractivity contribution in [2.24, 2.45) is 5.73 Å². The number of aryl methyl sites for hydroxylation is 1. The summed E-state index contributed by atoms with van der Waals surface area (Å²) in [6.45, 7) is 3.41. The highest BCUT2D eigenvalue weighted by Gasteiger charge is 2.25. The van der Waals surface area contributed by atoms with Crippen LogP contribution in [0.4, 0.5) is 0 Å². The maximum Gasteiger partial charge on any atom is 0.255 e. The quantitative estimate of drug-likeness (QED) is 0.856. The standard InChI is InChI=1S/C12H15BrN2O/c1-8-3-2-4-10(11(8)13)12(16)15-6-5-9(14)7-15/h2-4,9H,5-7,14H2,1H3/t9-/m0/s1. The van der Waals surface area contributed by atoms with Crippen LogP contribution in [0.15, 0.2) is 22.7 Å². The fraction of sp³-hybridized carbons (Fsp3) is 0.417. The van der Waals surface area contributed by atoms with Crippen molar-refractivity contribution >= 4 is 21.8 Å². The first-order valence-electron chi connectivity index (χ1n) is 5.39. The number of nitrogens with zero attached hydrogens (tertiary/aromatic N) is 1. The Bertz CT molecular complexity index is 419. The number of amides is 1. The highest BCUT2D eigenvalue weighted by atomic mass is 79.9. The van der Waals surface area contributed by atoms with E-state index in [-0.39, 0.29) is 11.9 Å². The van der Waals surface area contributed by atoms with Gasteiger partial charge in [0.05, 0.1) is 5.56 Å². The molecular weight excluding hydrogens is 268 g/mol. The topological polar surface area (TPSA) is 46.3 Å². The van der Waals surface area contributed by atoms with Crippen molar-refractivity contribution in [1.82, 2.24) is 4.90 Å². The summed E-state index contributed by atoms with van der Waals surface area (Å²) in [5.74, 6) is 0.0727. The number of likely N-dealkylation sites (tertiary alicyclic amines) is 1. The Morgan fingerprint density at radius 3 is 2.94 bits per heavy atom. The smallest absolute Gasteiger partial charge is 0.255 e. The summed E-state index contributed by atoms with van der Waals surface area (Å²) in [7, 11) is 0. The van der Waals surface area contributed by atoms with E-state index in [9.17, 15) is 4.79 Å². The van der Waals surface area contributed by atoms with E-state index in [1.807, 2.05) is 30.0 Å². The molecule has 1 aliphatic rings. The molecule has 4 heteroatoms. The second kappa shape index (κ2) is 4.55. The van der Waals surface area contributed by atoms with Gasteiger partial charge in [0.15, 0.2) is 0 Å². The molecule has 86 valence electrons. The lowest BCUT2D eigenvalue weighted by molar-refractivity contribution is 0.0790. The van der Waals surface area contributed by atoms with Gasteiger partial charge in [0.1, 0.15) is 0 Å². The molecule has 2 N–H and O–H groups in total. The maximum absolute atomic E-state index is 12.2. The van der Waals surface area contributed by atoms with Crippen molar-refractivity contribution in [2.45, 2.75) is 19.4 Å². The minimum Gasteiger partial charge on any atom is -0.337 e. The van der Waals surface area contributed by atoms with Gasteiger partial charge in [-0.1, -0.05) is 12.1 Å². The summed E-state index contributed by atoms with van der Waals surface area (Å²) >= 11 is 3.46. The van der Waals surface area contributed by atoms with Gasteiger partial charge in [-0.05, 0) is 40.9 Å². The summed E-state index contributed by atoms with van der Waals surface area (Å²) in [4.78, 5) is 14.0. The molecule has 1 atom stereocenters. The Morgan fingerprint density at radius 1 is 1.56 bits per heavy atom. The number of carbonyl (C=O) groups excluding carboxylic acids is 1. The van der Waals surface area contributed by atoms with E-state index < -0.39 is 0 Å². The molecule has 0 spiro atoms. The molecular formula is C12H15BrN2O. The molecule has 0 saturated carbocycles. The third-order valence-electron chi connectivity index (χ3n) is 2.93. The average Bonchev–Trinajstić information content (AvgIpc) is 2.68. The SMILES string of the molecule is Cc1cccc(C(=O)N2CC[C@H](N)C2)c1Br. The Hall–Kier alpha value is -0.870. The minimum absolute atomic E-state index is 0.0727. The number of halogens is 1. The van der Waals surface area contributed by atoms with Crippen LogP contribution in [0.2, 0.25) is 0 Å². The third-order valence-corrected chi connectivity index (χ3v) is 3.99. The Kier molecular flexibility index (Phi) is 3.30. The number of nitrogens with two attached hydrogens (primary N) is 1. The van der Waals surface area contributed by atoms with Crippen LogP contribution in [0.25, 0.3) is 0 Å². The number of hydrogen-bond donors (Lipinski definition) is 1. The second-order valence-electron chi connectivity index (χ2n) is 4.24. The molecule has 1 fully saturated rings. The molecule has 1 aliphatic heterocycles. The van der Waals surface area contributed by atoms with Crippen LogP contribution in [-0.2, 0) is 0 Å². The molecule has 1 aromatic rings. The first-order valence-corrected chi connectivity index (χ1v) is 6.19. The van der Waals surface area contributed by atoms with Gasteiger partial charge in [0, 0.05) is 23.6 Å². The van der Waals surface area contributed by atoms with Crippen molar-refractivity contribution in [3.8, 4) is 0 Å². The first kappa shape index (κ1) is 11.6. The van der Waals surface area contributed by atoms with Gasteiger partial charge in [-0.15, -0.1) is 0 Å². The van der Waals surface area contributed by atoms with E-state index in [2.05, 4.69) is 15.9 Å². The van der Waals surface area contributed by atoms with Crippen LogP contribution in [0.1, 0.15) is 22.3 Å². The van der Waals surface area contributed by atoms with E-state index >= 15 is 0 Å². The van der Waals surface area contributed by atoms with E-state index in [1.165, 1.54) is 0 Å². The van der Waals surface area contributed by atoms with Crippen molar-refractivity contribution < 1.29 is 4.79 Å². The van der Waals surface area contributed by atoms with E-state index in [0.717, 1.165) is 28.6 Å². The lowest BCUT2D eigenvalue weighted by atomic mass is 10.1. The summed E-state index contributed by atoms with van der Waals surface area (Å²) in [5.41, 5.74) is 7.61. The van der Waals surface area contributed by atoms with E-state index in [0.29, 0.717) is 6.54 Å². The van der Waals surface area contributed by atoms with Gasteiger partial charge in [-0.25, -0.2) is 0 Å². The van der Waals surface area contributed by atoms with Crippen LogP contribution in [0.5, 0.6) is 0 Å². The first-order chi connectivity index (χ1) is 7.59. The minimum atomic E-state index is 0.0727. The zero-order chi connectivity index (χ0) is 11.7. The van der Waals surface area contributed by atoms with E-state index in [4.69, 9.17) is 5.73 Å². The number of hydrogen-bond acceptors (Lipinski definition) is 2. The average molecular weight is 283 g/mol. The van der Waals surface area contributed by atoms with Crippen molar-refractivity contribution in [3.63, 3.8) is 0 Å². The van der Waals surface area contributed by atoms with Gasteiger partial charge >= 0.3 is 0 Å². The predicted molar refractivity (Wildman–Crippen MR) is 67.4 cm³/mol. The van der Waals surface area contributed by atoms with Gasteiger partial charge in [0.25, 0.3) is 5.91 Å². The van der Waals surface area contributed by atoms with Gasteiger partial charge in [-0.2, -0.15) is 0 Å². The lowest BCUT2D eigenvalue weighted by Crippen LogP contribution is -2.32. The molecule has 1 heterocycles. The molecule has 2 rings (SSSR count). The van der Waals surface area contributed by atoms with Crippen LogP contribution in [0, 0.1) is 6.92 Å². The molecule has 0 radical (unpaired) electrons. The molecule has 3 nitrogen and oxygen atoms in total. The Morgan fingerprint density at radius 2 is 2.31 bits per heavy atom. The van der Waals surface area contributed by atoms with Gasteiger partial charge in [0.2, 0.25) is 0 Å². The summed E-state index contributed by atoms with van der Waals surface area (Å²) in [5, 5.41) is 0. The molecule has 0 aromatic heterocycles. The Balaban J connectivity index is 2.24. The van der Waals surface area contributed by atoms with E-state index in [1.54, 1.807) is 0 Å². The predicted octanol–water partition coefficient (Wildman–Crippen LogP) is 1.93. The van der Waals surface area contributed by atoms with Gasteiger partial charge in [-0.3, -0.25) is 4.79 Å².